The van der Waals surface area contributed by atoms with Crippen LogP contribution in [0.2, 0.25) is 0 Å². The number of nitrogens with one attached hydrogen (secondary N) is 2. The van der Waals surface area contributed by atoms with Gasteiger partial charge in [-0.15, -0.1) is 0 Å². The van der Waals surface area contributed by atoms with E-state index in [9.17, 15) is 22.8 Å². The maximum atomic E-state index is 11.7. The van der Waals surface area contributed by atoms with Crippen LogP contribution >= 0.6 is 0 Å². The van der Waals surface area contributed by atoms with Crippen molar-refractivity contribution in [3.05, 3.63) is 0 Å². The Bertz CT molecular complexity index is 699. The molecule has 2 N–H and O–H groups in total. The highest BCUT2D eigenvalue weighted by molar-refractivity contribution is 7.87. The van der Waals surface area contributed by atoms with Gasteiger partial charge in [-0.2, -0.15) is 12.7 Å². The Morgan fingerprint density at radius 1 is 0.871 bits per heavy atom. The van der Waals surface area contributed by atoms with Crippen LogP contribution in [0.15, 0.2) is 0 Å². The van der Waals surface area contributed by atoms with E-state index < -0.39 is 16.1 Å². The van der Waals surface area contributed by atoms with Gasteiger partial charge < -0.3 is 15.1 Å². The minimum absolute atomic E-state index is 0.0534. The first kappa shape index (κ1) is 27.3. The Hall–Kier alpha value is -1.72. The van der Waals surface area contributed by atoms with Gasteiger partial charge in [0.2, 0.25) is 17.7 Å². The van der Waals surface area contributed by atoms with Gasteiger partial charge in [0.1, 0.15) is 0 Å². The molecule has 180 valence electrons. The second-order valence-electron chi connectivity index (χ2n) is 8.40. The summed E-state index contributed by atoms with van der Waals surface area (Å²) in [6.45, 7) is 9.01. The van der Waals surface area contributed by atoms with Crippen LogP contribution in [0.4, 0.5) is 0 Å². The Morgan fingerprint density at radius 3 is 1.65 bits per heavy atom. The quantitative estimate of drug-likeness (QED) is 0.576. The van der Waals surface area contributed by atoms with Crippen LogP contribution in [0.25, 0.3) is 0 Å². The summed E-state index contributed by atoms with van der Waals surface area (Å²) >= 11 is 0. The van der Waals surface area contributed by atoms with Crippen molar-refractivity contribution >= 4 is 27.9 Å². The minimum atomic E-state index is -3.74. The molecule has 0 aromatic heterocycles. The predicted octanol–water partition coefficient (Wildman–Crippen LogP) is 0.0219. The van der Waals surface area contributed by atoms with E-state index in [4.69, 9.17) is 0 Å². The Labute approximate surface area is 186 Å². The minimum Gasteiger partial charge on any atom is -0.343 e. The van der Waals surface area contributed by atoms with Crippen molar-refractivity contribution in [2.24, 2.45) is 11.8 Å². The number of hydrogen-bond donors (Lipinski definition) is 2. The highest BCUT2D eigenvalue weighted by Gasteiger charge is 2.26. The molecule has 10 nitrogen and oxygen atoms in total. The first-order valence-corrected chi connectivity index (χ1v) is 12.3. The topological polar surface area (TPSA) is 119 Å². The molecule has 0 atom stereocenters. The number of carbonyl (C=O) groups is 3. The molecule has 2 saturated heterocycles. The number of piperidine rings is 2. The molecule has 0 spiro atoms. The van der Waals surface area contributed by atoms with Crippen molar-refractivity contribution in [1.29, 1.82) is 0 Å². The summed E-state index contributed by atoms with van der Waals surface area (Å²) in [5.74, 6) is 0.656. The lowest BCUT2D eigenvalue weighted by Crippen LogP contribution is -2.45. The van der Waals surface area contributed by atoms with Crippen LogP contribution in [0, 0.1) is 11.8 Å². The van der Waals surface area contributed by atoms with E-state index in [2.05, 4.69) is 5.32 Å². The van der Waals surface area contributed by atoms with E-state index in [-0.39, 0.29) is 17.7 Å². The van der Waals surface area contributed by atoms with Crippen molar-refractivity contribution in [2.45, 2.75) is 46.5 Å². The van der Waals surface area contributed by atoms with Gasteiger partial charge in [0.25, 0.3) is 0 Å². The number of rotatable bonds is 6. The number of likely N-dealkylation sites (tertiary alicyclic amines) is 2. The number of hydrogen-bond acceptors (Lipinski definition) is 6. The van der Waals surface area contributed by atoms with Crippen molar-refractivity contribution < 1.29 is 22.8 Å². The molecule has 2 heterocycles. The summed E-state index contributed by atoms with van der Waals surface area (Å²) in [5, 5.41) is 3.18. The summed E-state index contributed by atoms with van der Waals surface area (Å²) in [5.41, 5.74) is 0. The fraction of sp³-hybridized carbons (Fsp3) is 0.850. The molecular formula is C20H39N5O5S. The molecule has 0 bridgehead atoms. The number of amides is 3. The van der Waals surface area contributed by atoms with Crippen molar-refractivity contribution in [3.8, 4) is 0 Å². The third-order valence-corrected chi connectivity index (χ3v) is 7.33. The van der Waals surface area contributed by atoms with E-state index in [0.29, 0.717) is 19.6 Å². The highest BCUT2D eigenvalue weighted by Crippen LogP contribution is 2.19. The lowest BCUT2D eigenvalue weighted by Gasteiger charge is -2.33. The maximum Gasteiger partial charge on any atom is 0.303 e. The monoisotopic (exact) mass is 461 g/mol. The molecule has 11 heteroatoms. The smallest absolute Gasteiger partial charge is 0.303 e. The van der Waals surface area contributed by atoms with Gasteiger partial charge in [-0.3, -0.25) is 14.4 Å². The molecule has 0 saturated carbocycles. The molecule has 2 aliphatic rings. The predicted molar refractivity (Wildman–Crippen MR) is 119 cm³/mol. The molecule has 3 amide bonds. The standard InChI is InChI=1S/C11H21N3O4S.C9H18N2O/c1-9(15)12-19(17,18)13(3)8-11-4-6-14(7-5-11)10(2)16;1-8(12)11-5-3-9(4-6-11)7-10-2/h11H,4-8H2,1-3H3,(H,12,15);9-10H,3-7H2,1-2H3. The van der Waals surface area contributed by atoms with E-state index in [0.717, 1.165) is 62.5 Å². The first-order valence-electron chi connectivity index (χ1n) is 10.9. The molecule has 0 aromatic rings. The van der Waals surface area contributed by atoms with Crippen molar-refractivity contribution in [3.63, 3.8) is 0 Å². The molecule has 0 unspecified atom stereocenters. The van der Waals surface area contributed by atoms with Crippen LogP contribution in [-0.4, -0.2) is 93.6 Å². The SMILES string of the molecule is CC(=O)NS(=O)(=O)N(C)CC1CCN(C(C)=O)CC1.CNCC1CCN(C(C)=O)CC1. The lowest BCUT2D eigenvalue weighted by molar-refractivity contribution is -0.131. The Balaban J connectivity index is 0.000000343. The van der Waals surface area contributed by atoms with Gasteiger partial charge in [-0.25, -0.2) is 4.72 Å². The fourth-order valence-electron chi connectivity index (χ4n) is 3.89. The summed E-state index contributed by atoms with van der Waals surface area (Å²) in [7, 11) is -0.305. The second-order valence-corrected chi connectivity index (χ2v) is 10.2. The molecular weight excluding hydrogens is 422 g/mol. The van der Waals surface area contributed by atoms with E-state index in [1.807, 2.05) is 16.7 Å². The second kappa shape index (κ2) is 13.0. The average Bonchev–Trinajstić information content (AvgIpc) is 2.68. The third-order valence-electron chi connectivity index (χ3n) is 5.81. The van der Waals surface area contributed by atoms with E-state index >= 15 is 0 Å². The van der Waals surface area contributed by atoms with Gasteiger partial charge in [0, 0.05) is 60.5 Å². The van der Waals surface area contributed by atoms with E-state index in [1.54, 1.807) is 11.8 Å². The molecule has 0 radical (unpaired) electrons. The fourth-order valence-corrected chi connectivity index (χ4v) is 4.82. The first-order chi connectivity index (χ1) is 14.5. The van der Waals surface area contributed by atoms with E-state index in [1.165, 1.54) is 14.0 Å². The van der Waals surface area contributed by atoms with Crippen LogP contribution < -0.4 is 10.0 Å². The summed E-state index contributed by atoms with van der Waals surface area (Å²) in [6, 6.07) is 0. The molecule has 0 aliphatic carbocycles. The summed E-state index contributed by atoms with van der Waals surface area (Å²) in [6.07, 6.45) is 3.86. The van der Waals surface area contributed by atoms with Crippen molar-refractivity contribution in [2.75, 3.05) is 53.4 Å². The molecule has 0 aromatic carbocycles. The Kier molecular flexibility index (Phi) is 11.4. The molecule has 31 heavy (non-hydrogen) atoms. The third kappa shape index (κ3) is 9.96. The average molecular weight is 462 g/mol. The lowest BCUT2D eigenvalue weighted by atomic mass is 9.97. The molecule has 2 aliphatic heterocycles. The summed E-state index contributed by atoms with van der Waals surface area (Å²) < 4.78 is 26.5. The molecule has 2 rings (SSSR count). The molecule has 2 fully saturated rings. The zero-order chi connectivity index (χ0) is 23.6. The van der Waals surface area contributed by atoms with Gasteiger partial charge in [0.15, 0.2) is 0 Å². The van der Waals surface area contributed by atoms with Gasteiger partial charge in [-0.05, 0) is 51.1 Å². The van der Waals surface area contributed by atoms with Crippen LogP contribution in [0.3, 0.4) is 0 Å². The van der Waals surface area contributed by atoms with Gasteiger partial charge >= 0.3 is 10.2 Å². The summed E-state index contributed by atoms with van der Waals surface area (Å²) in [4.78, 5) is 36.7. The Morgan fingerprint density at radius 2 is 1.29 bits per heavy atom. The zero-order valence-corrected chi connectivity index (χ0v) is 20.3. The van der Waals surface area contributed by atoms with Gasteiger partial charge in [0.05, 0.1) is 0 Å². The normalized spacial score (nSPS) is 18.4. The van der Waals surface area contributed by atoms with Crippen molar-refractivity contribution in [1.82, 2.24) is 24.1 Å². The van der Waals surface area contributed by atoms with Gasteiger partial charge in [-0.1, -0.05) is 0 Å². The van der Waals surface area contributed by atoms with Crippen LogP contribution in [0.5, 0.6) is 0 Å². The maximum absolute atomic E-state index is 11.7. The van der Waals surface area contributed by atoms with Crippen LogP contribution in [0.1, 0.15) is 46.5 Å². The largest absolute Gasteiger partial charge is 0.343 e. The zero-order valence-electron chi connectivity index (χ0n) is 19.5. The number of carbonyl (C=O) groups excluding carboxylic acids is 3. The number of nitrogens with zero attached hydrogens (tertiary/aromatic N) is 3. The highest BCUT2D eigenvalue weighted by atomic mass is 32.2. The van der Waals surface area contributed by atoms with Crippen LogP contribution in [-0.2, 0) is 24.6 Å².